The van der Waals surface area contributed by atoms with Crippen LogP contribution in [0.25, 0.3) is 0 Å². The SMILES string of the molecule is COc1ccc(N2N=N[C@@H]3C(=O)O[C@@H](Sc4ccccc4)[C@@H]32)cc1. The van der Waals surface area contributed by atoms with Crippen LogP contribution in [0.15, 0.2) is 69.8 Å². The van der Waals surface area contributed by atoms with E-state index in [0.29, 0.717) is 0 Å². The highest BCUT2D eigenvalue weighted by Crippen LogP contribution is 2.40. The molecule has 2 aliphatic heterocycles. The standard InChI is InChI=1S/C17H15N3O3S/c1-22-12-9-7-11(8-10-12)20-15-14(18-19-20)16(21)23-17(15)24-13-5-3-2-4-6-13/h2-10,14-15,17H,1H3/t14-,15+,17-/m0/s1. The number of benzene rings is 2. The van der Waals surface area contributed by atoms with Gasteiger partial charge in [-0.15, -0.1) is 0 Å². The predicted octanol–water partition coefficient (Wildman–Crippen LogP) is 3.29. The molecular weight excluding hydrogens is 326 g/mol. The Morgan fingerprint density at radius 2 is 1.88 bits per heavy atom. The highest BCUT2D eigenvalue weighted by molar-refractivity contribution is 7.99. The van der Waals surface area contributed by atoms with E-state index in [1.165, 1.54) is 11.8 Å². The topological polar surface area (TPSA) is 63.5 Å². The second-order valence-corrected chi connectivity index (χ2v) is 6.59. The molecule has 0 aliphatic carbocycles. The molecule has 0 amide bonds. The van der Waals surface area contributed by atoms with Crippen molar-refractivity contribution in [3.05, 3.63) is 54.6 Å². The highest BCUT2D eigenvalue weighted by atomic mass is 32.2. The lowest BCUT2D eigenvalue weighted by Gasteiger charge is -2.24. The van der Waals surface area contributed by atoms with Gasteiger partial charge in [0.05, 0.1) is 12.8 Å². The molecule has 7 heteroatoms. The van der Waals surface area contributed by atoms with E-state index >= 15 is 0 Å². The minimum Gasteiger partial charge on any atom is -0.497 e. The van der Waals surface area contributed by atoms with Gasteiger partial charge >= 0.3 is 5.97 Å². The Bertz CT molecular complexity index is 766. The number of esters is 1. The van der Waals surface area contributed by atoms with Crippen LogP contribution in [0.4, 0.5) is 5.69 Å². The minimum atomic E-state index is -0.576. The summed E-state index contributed by atoms with van der Waals surface area (Å²) in [7, 11) is 1.62. The van der Waals surface area contributed by atoms with Gasteiger partial charge in [0.2, 0.25) is 0 Å². The fourth-order valence-electron chi connectivity index (χ4n) is 2.76. The van der Waals surface area contributed by atoms with Crippen LogP contribution in [0.5, 0.6) is 5.75 Å². The maximum Gasteiger partial charge on any atom is 0.336 e. The Balaban J connectivity index is 1.60. The molecule has 0 bridgehead atoms. The zero-order valence-electron chi connectivity index (χ0n) is 12.9. The van der Waals surface area contributed by atoms with E-state index < -0.39 is 6.04 Å². The summed E-state index contributed by atoms with van der Waals surface area (Å²) in [5.74, 6) is 0.439. The number of nitrogens with zero attached hydrogens (tertiary/aromatic N) is 3. The monoisotopic (exact) mass is 341 g/mol. The molecule has 2 aliphatic rings. The van der Waals surface area contributed by atoms with Gasteiger partial charge in [-0.05, 0) is 36.4 Å². The van der Waals surface area contributed by atoms with Crippen LogP contribution >= 0.6 is 11.8 Å². The van der Waals surface area contributed by atoms with Crippen molar-refractivity contribution in [2.45, 2.75) is 22.4 Å². The number of carbonyl (C=O) groups excluding carboxylic acids is 1. The lowest BCUT2D eigenvalue weighted by molar-refractivity contribution is -0.140. The molecule has 2 aromatic rings. The molecular formula is C17H15N3O3S. The van der Waals surface area contributed by atoms with E-state index in [9.17, 15) is 4.79 Å². The van der Waals surface area contributed by atoms with Crippen molar-refractivity contribution in [2.75, 3.05) is 12.1 Å². The fourth-order valence-corrected chi connectivity index (χ4v) is 3.89. The number of cyclic esters (lactones) is 1. The third-order valence-electron chi connectivity index (χ3n) is 3.96. The van der Waals surface area contributed by atoms with Crippen LogP contribution in [0, 0.1) is 0 Å². The van der Waals surface area contributed by atoms with Crippen LogP contribution in [0.3, 0.4) is 0 Å². The van der Waals surface area contributed by atoms with Crippen LogP contribution < -0.4 is 9.75 Å². The number of hydrogen-bond donors (Lipinski definition) is 0. The second kappa shape index (κ2) is 6.16. The van der Waals surface area contributed by atoms with Gasteiger partial charge in [-0.25, -0.2) is 9.80 Å². The Morgan fingerprint density at radius 1 is 1.12 bits per heavy atom. The van der Waals surface area contributed by atoms with Crippen LogP contribution in [0.2, 0.25) is 0 Å². The predicted molar refractivity (Wildman–Crippen MR) is 90.1 cm³/mol. The number of rotatable bonds is 4. The van der Waals surface area contributed by atoms with Gasteiger partial charge in [0.15, 0.2) is 11.5 Å². The van der Waals surface area contributed by atoms with Crippen LogP contribution in [-0.2, 0) is 9.53 Å². The molecule has 1 saturated heterocycles. The molecule has 122 valence electrons. The van der Waals surface area contributed by atoms with Crippen molar-refractivity contribution in [3.8, 4) is 5.75 Å². The first-order valence-electron chi connectivity index (χ1n) is 7.52. The molecule has 0 saturated carbocycles. The number of carbonyl (C=O) groups is 1. The summed E-state index contributed by atoms with van der Waals surface area (Å²) in [6.45, 7) is 0. The lowest BCUT2D eigenvalue weighted by Crippen LogP contribution is -2.38. The zero-order chi connectivity index (χ0) is 16.5. The molecule has 2 aromatic carbocycles. The summed E-state index contributed by atoms with van der Waals surface area (Å²) in [6.07, 6.45) is 0. The van der Waals surface area contributed by atoms with Gasteiger partial charge in [0.25, 0.3) is 0 Å². The van der Waals surface area contributed by atoms with Gasteiger partial charge in [0, 0.05) is 4.90 Å². The first-order chi connectivity index (χ1) is 11.8. The molecule has 6 nitrogen and oxygen atoms in total. The van der Waals surface area contributed by atoms with Gasteiger partial charge < -0.3 is 9.47 Å². The summed E-state index contributed by atoms with van der Waals surface area (Å²) >= 11 is 1.51. The number of ether oxygens (including phenoxy) is 2. The first-order valence-corrected chi connectivity index (χ1v) is 8.40. The summed E-state index contributed by atoms with van der Waals surface area (Å²) in [5, 5.41) is 10.1. The Hall–Kier alpha value is -2.54. The molecule has 0 radical (unpaired) electrons. The summed E-state index contributed by atoms with van der Waals surface area (Å²) in [4.78, 5) is 13.1. The summed E-state index contributed by atoms with van der Waals surface area (Å²) in [5.41, 5.74) is 0.492. The summed E-state index contributed by atoms with van der Waals surface area (Å²) < 4.78 is 10.7. The first kappa shape index (κ1) is 15.0. The van der Waals surface area contributed by atoms with E-state index in [1.807, 2.05) is 54.6 Å². The van der Waals surface area contributed by atoms with Gasteiger partial charge in [-0.1, -0.05) is 35.2 Å². The second-order valence-electron chi connectivity index (χ2n) is 5.42. The third kappa shape index (κ3) is 2.60. The number of methoxy groups -OCH3 is 1. The Kier molecular flexibility index (Phi) is 3.86. The van der Waals surface area contributed by atoms with Crippen LogP contribution in [0.1, 0.15) is 0 Å². The average Bonchev–Trinajstić information content (AvgIpc) is 3.18. The van der Waals surface area contributed by atoms with Crippen molar-refractivity contribution in [1.29, 1.82) is 0 Å². The number of thioether (sulfide) groups is 1. The zero-order valence-corrected chi connectivity index (χ0v) is 13.7. The number of fused-ring (bicyclic) bond motifs is 1. The van der Waals surface area contributed by atoms with Crippen LogP contribution in [-0.4, -0.2) is 30.6 Å². The largest absolute Gasteiger partial charge is 0.497 e. The van der Waals surface area contributed by atoms with E-state index in [4.69, 9.17) is 9.47 Å². The highest BCUT2D eigenvalue weighted by Gasteiger charge is 2.52. The molecule has 0 unspecified atom stereocenters. The normalized spacial score (nSPS) is 24.8. The lowest BCUT2D eigenvalue weighted by atomic mass is 10.1. The van der Waals surface area contributed by atoms with Gasteiger partial charge in [-0.2, -0.15) is 5.11 Å². The summed E-state index contributed by atoms with van der Waals surface area (Å²) in [6, 6.07) is 16.5. The van der Waals surface area contributed by atoms with Crippen molar-refractivity contribution >= 4 is 23.4 Å². The quantitative estimate of drug-likeness (QED) is 0.799. The molecule has 0 aromatic heterocycles. The molecule has 3 atom stereocenters. The maximum atomic E-state index is 12.1. The third-order valence-corrected chi connectivity index (χ3v) is 5.12. The Morgan fingerprint density at radius 3 is 2.58 bits per heavy atom. The molecule has 2 heterocycles. The molecule has 24 heavy (non-hydrogen) atoms. The van der Waals surface area contributed by atoms with E-state index in [-0.39, 0.29) is 17.4 Å². The van der Waals surface area contributed by atoms with E-state index in [2.05, 4.69) is 10.3 Å². The molecule has 0 N–H and O–H groups in total. The van der Waals surface area contributed by atoms with Crippen molar-refractivity contribution in [1.82, 2.24) is 0 Å². The smallest absolute Gasteiger partial charge is 0.336 e. The molecule has 1 fully saturated rings. The minimum absolute atomic E-state index is 0.254. The fraction of sp³-hybridized carbons (Fsp3) is 0.235. The van der Waals surface area contributed by atoms with Crippen molar-refractivity contribution in [3.63, 3.8) is 0 Å². The van der Waals surface area contributed by atoms with Gasteiger partial charge in [0.1, 0.15) is 11.8 Å². The Labute approximate surface area is 143 Å². The van der Waals surface area contributed by atoms with Crippen molar-refractivity contribution < 1.29 is 14.3 Å². The number of hydrogen-bond acceptors (Lipinski definition) is 7. The maximum absolute atomic E-state index is 12.1. The number of anilines is 1. The molecule has 0 spiro atoms. The van der Waals surface area contributed by atoms with Gasteiger partial charge in [-0.3, -0.25) is 0 Å². The van der Waals surface area contributed by atoms with E-state index in [1.54, 1.807) is 12.1 Å². The van der Waals surface area contributed by atoms with E-state index in [0.717, 1.165) is 16.3 Å². The van der Waals surface area contributed by atoms with Crippen molar-refractivity contribution in [2.24, 2.45) is 10.3 Å². The average molecular weight is 341 g/mol. The molecule has 4 rings (SSSR count).